The number of hydrogen-bond acceptors (Lipinski definition) is 6. The Hall–Kier alpha value is -6.40. The van der Waals surface area contributed by atoms with Gasteiger partial charge in [0.2, 0.25) is 0 Å². The van der Waals surface area contributed by atoms with Gasteiger partial charge in [0.05, 0.1) is 34.1 Å². The van der Waals surface area contributed by atoms with Crippen LogP contribution < -0.4 is 19.3 Å². The molecule has 3 heterocycles. The molecule has 0 amide bonds. The molecule has 2 aliphatic heterocycles. The van der Waals surface area contributed by atoms with Crippen LogP contribution in [0.15, 0.2) is 158 Å². The molecule has 6 heteroatoms. The number of aromatic nitrogens is 2. The standard InChI is InChI=1S/C40H26N4O2/c1-5-13-37-33(9-1)43(34-10-2-6-14-38(34)45-37)29-21-17-27(18-22-29)31-25-32(42-26-41-31)28-19-23-30(24-20-28)44-35-11-3-7-15-39(35)46-40-16-8-4-12-36(40)44/h1-26H. The monoisotopic (exact) mass is 594 g/mol. The molecule has 218 valence electrons. The Balaban J connectivity index is 1.02. The molecule has 0 radical (unpaired) electrons. The van der Waals surface area contributed by atoms with Crippen molar-refractivity contribution in [3.63, 3.8) is 0 Å². The number of para-hydroxylation sites is 8. The van der Waals surface area contributed by atoms with E-state index in [0.717, 1.165) is 79.6 Å². The fourth-order valence-corrected chi connectivity index (χ4v) is 6.20. The van der Waals surface area contributed by atoms with E-state index in [0.29, 0.717) is 0 Å². The van der Waals surface area contributed by atoms with Crippen LogP contribution >= 0.6 is 0 Å². The molecule has 0 fully saturated rings. The summed E-state index contributed by atoms with van der Waals surface area (Å²) in [6.07, 6.45) is 1.63. The second kappa shape index (κ2) is 10.6. The van der Waals surface area contributed by atoms with Crippen LogP contribution in [0.4, 0.5) is 34.1 Å². The second-order valence-electron chi connectivity index (χ2n) is 11.1. The number of rotatable bonds is 4. The molecule has 7 aromatic rings. The Kier molecular flexibility index (Phi) is 6.03. The highest BCUT2D eigenvalue weighted by molar-refractivity contribution is 5.88. The topological polar surface area (TPSA) is 50.7 Å². The first-order valence-electron chi connectivity index (χ1n) is 15.2. The van der Waals surface area contributed by atoms with Crippen molar-refractivity contribution in [2.45, 2.75) is 0 Å². The molecule has 0 bridgehead atoms. The van der Waals surface area contributed by atoms with Crippen molar-refractivity contribution in [3.8, 4) is 45.5 Å². The highest BCUT2D eigenvalue weighted by Crippen LogP contribution is 2.51. The van der Waals surface area contributed by atoms with E-state index in [1.807, 2.05) is 78.9 Å². The van der Waals surface area contributed by atoms with Crippen molar-refractivity contribution in [1.82, 2.24) is 9.97 Å². The summed E-state index contributed by atoms with van der Waals surface area (Å²) >= 11 is 0. The molecular formula is C40H26N4O2. The number of anilines is 6. The van der Waals surface area contributed by atoms with Crippen molar-refractivity contribution in [2.24, 2.45) is 0 Å². The Morgan fingerprint density at radius 3 is 1.04 bits per heavy atom. The first kappa shape index (κ1) is 26.0. The Bertz CT molecular complexity index is 1980. The summed E-state index contributed by atoms with van der Waals surface area (Å²) in [5, 5.41) is 0. The number of fused-ring (bicyclic) bond motifs is 4. The molecule has 1 aromatic heterocycles. The highest BCUT2D eigenvalue weighted by atomic mass is 16.5. The van der Waals surface area contributed by atoms with Crippen molar-refractivity contribution in [2.75, 3.05) is 9.80 Å². The molecule has 2 aliphatic rings. The molecule has 9 rings (SSSR count). The van der Waals surface area contributed by atoms with Crippen LogP contribution in [-0.4, -0.2) is 9.97 Å². The molecule has 0 unspecified atom stereocenters. The summed E-state index contributed by atoms with van der Waals surface area (Å²) < 4.78 is 12.4. The van der Waals surface area contributed by atoms with Gasteiger partial charge in [-0.2, -0.15) is 0 Å². The second-order valence-corrected chi connectivity index (χ2v) is 11.1. The Morgan fingerprint density at radius 2 is 0.696 bits per heavy atom. The Morgan fingerprint density at radius 1 is 0.370 bits per heavy atom. The fourth-order valence-electron chi connectivity index (χ4n) is 6.20. The molecule has 0 aliphatic carbocycles. The average molecular weight is 595 g/mol. The molecule has 6 aromatic carbocycles. The maximum Gasteiger partial charge on any atom is 0.151 e. The first-order valence-corrected chi connectivity index (χ1v) is 15.2. The normalized spacial score (nSPS) is 12.6. The highest BCUT2D eigenvalue weighted by Gasteiger charge is 2.26. The van der Waals surface area contributed by atoms with Gasteiger partial charge in [-0.3, -0.25) is 0 Å². The van der Waals surface area contributed by atoms with Gasteiger partial charge in [0.1, 0.15) is 6.33 Å². The Labute approximate surface area is 266 Å². The molecule has 0 N–H and O–H groups in total. The summed E-state index contributed by atoms with van der Waals surface area (Å²) in [5.41, 5.74) is 9.86. The third-order valence-corrected chi connectivity index (χ3v) is 8.37. The molecule has 6 nitrogen and oxygen atoms in total. The van der Waals surface area contributed by atoms with Crippen LogP contribution in [0.5, 0.6) is 23.0 Å². The van der Waals surface area contributed by atoms with E-state index in [-0.39, 0.29) is 0 Å². The van der Waals surface area contributed by atoms with Crippen LogP contribution in [-0.2, 0) is 0 Å². The number of nitrogens with zero attached hydrogens (tertiary/aromatic N) is 4. The smallest absolute Gasteiger partial charge is 0.151 e. The molecule has 0 saturated carbocycles. The third kappa shape index (κ3) is 4.35. The minimum atomic E-state index is 0.832. The van der Waals surface area contributed by atoms with E-state index in [1.165, 1.54) is 0 Å². The van der Waals surface area contributed by atoms with E-state index in [4.69, 9.17) is 9.47 Å². The van der Waals surface area contributed by atoms with Gasteiger partial charge in [-0.25, -0.2) is 9.97 Å². The van der Waals surface area contributed by atoms with Crippen LogP contribution in [0, 0.1) is 0 Å². The lowest BCUT2D eigenvalue weighted by molar-refractivity contribution is 0.477. The number of benzene rings is 6. The molecular weight excluding hydrogens is 568 g/mol. The van der Waals surface area contributed by atoms with Crippen LogP contribution in [0.1, 0.15) is 0 Å². The lowest BCUT2D eigenvalue weighted by Crippen LogP contribution is -2.15. The third-order valence-electron chi connectivity index (χ3n) is 8.37. The summed E-state index contributed by atoms with van der Waals surface area (Å²) in [6, 6.07) is 51.4. The molecule has 0 spiro atoms. The molecule has 0 saturated heterocycles. The minimum absolute atomic E-state index is 0.832. The van der Waals surface area contributed by atoms with E-state index in [9.17, 15) is 0 Å². The van der Waals surface area contributed by atoms with Crippen molar-refractivity contribution < 1.29 is 9.47 Å². The minimum Gasteiger partial charge on any atom is -0.453 e. The number of ether oxygens (including phenoxy) is 2. The van der Waals surface area contributed by atoms with Gasteiger partial charge in [0, 0.05) is 22.5 Å². The lowest BCUT2D eigenvalue weighted by Gasteiger charge is -2.32. The molecule has 46 heavy (non-hydrogen) atoms. The summed E-state index contributed by atoms with van der Waals surface area (Å²) in [6.45, 7) is 0. The van der Waals surface area contributed by atoms with Crippen LogP contribution in [0.2, 0.25) is 0 Å². The van der Waals surface area contributed by atoms with Gasteiger partial charge in [-0.15, -0.1) is 0 Å². The SMILES string of the molecule is c1ccc2c(c1)Oc1ccccc1N2c1ccc(-c2cc(-c3ccc(N4c5ccccc5Oc5ccccc54)cc3)ncn2)cc1. The summed E-state index contributed by atoms with van der Waals surface area (Å²) in [4.78, 5) is 13.7. The van der Waals surface area contributed by atoms with Gasteiger partial charge in [-0.1, -0.05) is 72.8 Å². The van der Waals surface area contributed by atoms with E-state index >= 15 is 0 Å². The van der Waals surface area contributed by atoms with Crippen molar-refractivity contribution in [1.29, 1.82) is 0 Å². The summed E-state index contributed by atoms with van der Waals surface area (Å²) in [5.74, 6) is 3.33. The maximum atomic E-state index is 6.18. The van der Waals surface area contributed by atoms with E-state index < -0.39 is 0 Å². The summed E-state index contributed by atoms with van der Waals surface area (Å²) in [7, 11) is 0. The lowest BCUT2D eigenvalue weighted by atomic mass is 10.1. The molecule has 0 atom stereocenters. The predicted octanol–water partition coefficient (Wildman–Crippen LogP) is 11.0. The zero-order valence-corrected chi connectivity index (χ0v) is 24.6. The van der Waals surface area contributed by atoms with Crippen LogP contribution in [0.3, 0.4) is 0 Å². The van der Waals surface area contributed by atoms with Gasteiger partial charge >= 0.3 is 0 Å². The van der Waals surface area contributed by atoms with Gasteiger partial charge in [-0.05, 0) is 78.9 Å². The quantitative estimate of drug-likeness (QED) is 0.202. The van der Waals surface area contributed by atoms with Crippen molar-refractivity contribution in [3.05, 3.63) is 158 Å². The number of hydrogen-bond donors (Lipinski definition) is 0. The maximum absolute atomic E-state index is 6.18. The van der Waals surface area contributed by atoms with Crippen LogP contribution in [0.25, 0.3) is 22.5 Å². The van der Waals surface area contributed by atoms with Gasteiger partial charge in [0.15, 0.2) is 23.0 Å². The zero-order valence-electron chi connectivity index (χ0n) is 24.6. The zero-order chi connectivity index (χ0) is 30.5. The van der Waals surface area contributed by atoms with Gasteiger partial charge in [0.25, 0.3) is 0 Å². The van der Waals surface area contributed by atoms with Gasteiger partial charge < -0.3 is 19.3 Å². The van der Waals surface area contributed by atoms with E-state index in [2.05, 4.69) is 92.6 Å². The predicted molar refractivity (Wildman–Crippen MR) is 182 cm³/mol. The van der Waals surface area contributed by atoms with Crippen molar-refractivity contribution >= 4 is 34.1 Å². The fraction of sp³-hybridized carbons (Fsp3) is 0. The average Bonchev–Trinajstić information content (AvgIpc) is 3.13. The largest absolute Gasteiger partial charge is 0.453 e. The van der Waals surface area contributed by atoms with E-state index in [1.54, 1.807) is 6.33 Å². The first-order chi connectivity index (χ1) is 22.8.